The van der Waals surface area contributed by atoms with E-state index in [1.54, 1.807) is 0 Å². The van der Waals surface area contributed by atoms with Crippen LogP contribution in [0.25, 0.3) is 0 Å². The maximum Gasteiger partial charge on any atom is 0.0621 e. The number of hydrogen-bond donors (Lipinski definition) is 1. The van der Waals surface area contributed by atoms with Gasteiger partial charge in [0, 0.05) is 12.6 Å². The summed E-state index contributed by atoms with van der Waals surface area (Å²) in [5.41, 5.74) is 2.10. The predicted molar refractivity (Wildman–Crippen MR) is 69.8 cm³/mol. The number of pyridine rings is 1. The van der Waals surface area contributed by atoms with Crippen molar-refractivity contribution in [3.63, 3.8) is 0 Å². The van der Waals surface area contributed by atoms with Crippen molar-refractivity contribution in [3.05, 3.63) is 28.5 Å². The number of aromatic nitrogens is 1. The summed E-state index contributed by atoms with van der Waals surface area (Å²) in [6.07, 6.45) is 3.53. The van der Waals surface area contributed by atoms with Gasteiger partial charge in [-0.15, -0.1) is 0 Å². The Kier molecular flexibility index (Phi) is 5.78. The molecule has 0 unspecified atom stereocenters. The fourth-order valence-corrected chi connectivity index (χ4v) is 1.65. The Bertz CT molecular complexity index is 322. The third-order valence-electron chi connectivity index (χ3n) is 2.46. The second-order valence-corrected chi connectivity index (χ2v) is 4.15. The van der Waals surface area contributed by atoms with Crippen LogP contribution in [0.3, 0.4) is 0 Å². The highest BCUT2D eigenvalue weighted by molar-refractivity contribution is 6.31. The standard InChI is InChI=1S/C11H15ClN2.C2H6/c1-2-11-10(12)6-5-9(14-11)7-13-8-3-4-8;1-2/h5-6,8,13H,2-4,7H2,1H3;1-2H3. The van der Waals surface area contributed by atoms with E-state index in [1.165, 1.54) is 12.8 Å². The van der Waals surface area contributed by atoms with Gasteiger partial charge in [0.2, 0.25) is 0 Å². The molecule has 3 heteroatoms. The average Bonchev–Trinajstić information content (AvgIpc) is 3.14. The molecule has 0 amide bonds. The lowest BCUT2D eigenvalue weighted by atomic mass is 10.2. The SMILES string of the molecule is CC.CCc1nc(CNC2CC2)ccc1Cl. The van der Waals surface area contributed by atoms with Crippen molar-refractivity contribution in [1.82, 2.24) is 10.3 Å². The third-order valence-corrected chi connectivity index (χ3v) is 2.80. The molecule has 90 valence electrons. The Morgan fingerprint density at radius 3 is 2.62 bits per heavy atom. The molecule has 2 nitrogen and oxygen atoms in total. The van der Waals surface area contributed by atoms with Crippen LogP contribution in [0.2, 0.25) is 5.02 Å². The van der Waals surface area contributed by atoms with Gasteiger partial charge in [0.15, 0.2) is 0 Å². The first-order valence-corrected chi connectivity index (χ1v) is 6.55. The van der Waals surface area contributed by atoms with Crippen molar-refractivity contribution in [2.24, 2.45) is 0 Å². The van der Waals surface area contributed by atoms with Crippen molar-refractivity contribution in [3.8, 4) is 0 Å². The Labute approximate surface area is 103 Å². The molecule has 0 spiro atoms. The summed E-state index contributed by atoms with van der Waals surface area (Å²) < 4.78 is 0. The van der Waals surface area contributed by atoms with Crippen LogP contribution in [-0.4, -0.2) is 11.0 Å². The maximum absolute atomic E-state index is 5.99. The van der Waals surface area contributed by atoms with Crippen molar-refractivity contribution in [2.45, 2.75) is 52.6 Å². The molecule has 1 N–H and O–H groups in total. The number of rotatable bonds is 4. The van der Waals surface area contributed by atoms with E-state index >= 15 is 0 Å². The molecule has 0 atom stereocenters. The minimum atomic E-state index is 0.734. The highest BCUT2D eigenvalue weighted by Crippen LogP contribution is 2.20. The van der Waals surface area contributed by atoms with E-state index in [1.807, 2.05) is 26.0 Å². The van der Waals surface area contributed by atoms with Gasteiger partial charge in [-0.3, -0.25) is 4.98 Å². The molecule has 1 aromatic heterocycles. The quantitative estimate of drug-likeness (QED) is 0.870. The smallest absolute Gasteiger partial charge is 0.0621 e. The van der Waals surface area contributed by atoms with E-state index in [0.29, 0.717) is 0 Å². The second-order valence-electron chi connectivity index (χ2n) is 3.74. The largest absolute Gasteiger partial charge is 0.308 e. The maximum atomic E-state index is 5.99. The molecule has 1 heterocycles. The second kappa shape index (κ2) is 6.87. The lowest BCUT2D eigenvalue weighted by Crippen LogP contribution is -2.16. The van der Waals surface area contributed by atoms with Crippen LogP contribution in [0.4, 0.5) is 0 Å². The molecule has 0 saturated heterocycles. The van der Waals surface area contributed by atoms with Crippen molar-refractivity contribution in [1.29, 1.82) is 0 Å². The molecule has 2 rings (SSSR count). The monoisotopic (exact) mass is 240 g/mol. The number of nitrogens with zero attached hydrogens (tertiary/aromatic N) is 1. The van der Waals surface area contributed by atoms with Crippen LogP contribution >= 0.6 is 11.6 Å². The molecule has 1 aliphatic rings. The lowest BCUT2D eigenvalue weighted by molar-refractivity contribution is 0.671. The first-order chi connectivity index (χ1) is 7.79. The van der Waals surface area contributed by atoms with Crippen LogP contribution in [0, 0.1) is 0 Å². The molecule has 0 bridgehead atoms. The molecule has 1 aliphatic carbocycles. The topological polar surface area (TPSA) is 24.9 Å². The van der Waals surface area contributed by atoms with E-state index < -0.39 is 0 Å². The van der Waals surface area contributed by atoms with Crippen LogP contribution in [0.1, 0.15) is 45.0 Å². The van der Waals surface area contributed by atoms with Crippen molar-refractivity contribution in [2.75, 3.05) is 0 Å². The number of halogens is 1. The normalized spacial score (nSPS) is 14.2. The molecule has 16 heavy (non-hydrogen) atoms. The Morgan fingerprint density at radius 2 is 2.06 bits per heavy atom. The molecule has 0 radical (unpaired) electrons. The molecule has 1 fully saturated rings. The highest BCUT2D eigenvalue weighted by atomic mass is 35.5. The van der Waals surface area contributed by atoms with Crippen molar-refractivity contribution >= 4 is 11.6 Å². The number of hydrogen-bond acceptors (Lipinski definition) is 2. The van der Waals surface area contributed by atoms with Crippen LogP contribution < -0.4 is 5.32 Å². The zero-order valence-corrected chi connectivity index (χ0v) is 11.1. The van der Waals surface area contributed by atoms with E-state index in [2.05, 4.69) is 17.2 Å². The van der Waals surface area contributed by atoms with Gasteiger partial charge in [0.25, 0.3) is 0 Å². The number of nitrogens with one attached hydrogen (secondary N) is 1. The minimum absolute atomic E-state index is 0.734. The van der Waals surface area contributed by atoms with E-state index in [0.717, 1.165) is 35.4 Å². The van der Waals surface area contributed by atoms with Gasteiger partial charge >= 0.3 is 0 Å². The lowest BCUT2D eigenvalue weighted by Gasteiger charge is -2.05. The molecular formula is C13H21ClN2. The van der Waals surface area contributed by atoms with Crippen LogP contribution in [0.5, 0.6) is 0 Å². The summed E-state index contributed by atoms with van der Waals surface area (Å²) in [6.45, 7) is 6.95. The zero-order chi connectivity index (χ0) is 12.0. The average molecular weight is 241 g/mol. The number of aryl methyl sites for hydroxylation is 1. The first kappa shape index (κ1) is 13.5. The summed E-state index contributed by atoms with van der Waals surface area (Å²) >= 11 is 5.99. The summed E-state index contributed by atoms with van der Waals surface area (Å²) in [7, 11) is 0. The van der Waals surface area contributed by atoms with Gasteiger partial charge in [-0.1, -0.05) is 32.4 Å². The Balaban J connectivity index is 0.000000606. The summed E-state index contributed by atoms with van der Waals surface area (Å²) in [5, 5.41) is 4.22. The molecule has 1 aromatic rings. The fraction of sp³-hybridized carbons (Fsp3) is 0.615. The van der Waals surface area contributed by atoms with Gasteiger partial charge in [-0.2, -0.15) is 0 Å². The molecule has 0 aromatic carbocycles. The predicted octanol–water partition coefficient (Wildman–Crippen LogP) is 3.58. The summed E-state index contributed by atoms with van der Waals surface area (Å²) in [4.78, 5) is 4.50. The molecule has 1 saturated carbocycles. The fourth-order valence-electron chi connectivity index (χ4n) is 1.41. The Hall–Kier alpha value is -0.600. The summed E-state index contributed by atoms with van der Waals surface area (Å²) in [6, 6.07) is 4.67. The van der Waals surface area contributed by atoms with Gasteiger partial charge < -0.3 is 5.32 Å². The summed E-state index contributed by atoms with van der Waals surface area (Å²) in [5.74, 6) is 0. The van der Waals surface area contributed by atoms with E-state index in [9.17, 15) is 0 Å². The zero-order valence-electron chi connectivity index (χ0n) is 10.4. The van der Waals surface area contributed by atoms with Gasteiger partial charge in [0.05, 0.1) is 16.4 Å². The van der Waals surface area contributed by atoms with Gasteiger partial charge in [-0.25, -0.2) is 0 Å². The van der Waals surface area contributed by atoms with Crippen LogP contribution in [0.15, 0.2) is 12.1 Å². The third kappa shape index (κ3) is 4.11. The molecular weight excluding hydrogens is 220 g/mol. The van der Waals surface area contributed by atoms with Crippen LogP contribution in [-0.2, 0) is 13.0 Å². The van der Waals surface area contributed by atoms with E-state index in [4.69, 9.17) is 11.6 Å². The van der Waals surface area contributed by atoms with E-state index in [-0.39, 0.29) is 0 Å². The Morgan fingerprint density at radius 1 is 1.38 bits per heavy atom. The molecule has 0 aliphatic heterocycles. The van der Waals surface area contributed by atoms with Gasteiger partial charge in [0.1, 0.15) is 0 Å². The minimum Gasteiger partial charge on any atom is -0.308 e. The first-order valence-electron chi connectivity index (χ1n) is 6.17. The van der Waals surface area contributed by atoms with Crippen molar-refractivity contribution < 1.29 is 0 Å². The van der Waals surface area contributed by atoms with Gasteiger partial charge in [-0.05, 0) is 31.4 Å². The highest BCUT2D eigenvalue weighted by Gasteiger charge is 2.20.